The SMILES string of the molecule is CCC(Nc1ncnc2nc[nH]c12)c1cc2scc(C(F)(F)F)n2c(=O)c1-c1ccccc1. The summed E-state index contributed by atoms with van der Waals surface area (Å²) < 4.78 is 41.6. The molecule has 0 aliphatic heterocycles. The van der Waals surface area contributed by atoms with Crippen molar-refractivity contribution < 1.29 is 13.2 Å². The third-order valence-electron chi connectivity index (χ3n) is 5.41. The number of hydrogen-bond acceptors (Lipinski definition) is 6. The summed E-state index contributed by atoms with van der Waals surface area (Å²) in [5, 5.41) is 4.30. The third kappa shape index (κ3) is 3.63. The van der Waals surface area contributed by atoms with Crippen LogP contribution in [0, 0.1) is 0 Å². The van der Waals surface area contributed by atoms with Crippen molar-refractivity contribution in [1.29, 1.82) is 0 Å². The molecule has 1 aromatic carbocycles. The summed E-state index contributed by atoms with van der Waals surface area (Å²) in [7, 11) is 0. The van der Waals surface area contributed by atoms with Crippen molar-refractivity contribution in [1.82, 2.24) is 24.3 Å². The number of alkyl halides is 3. The third-order valence-corrected chi connectivity index (χ3v) is 6.29. The van der Waals surface area contributed by atoms with E-state index in [4.69, 9.17) is 0 Å². The molecule has 1 atom stereocenters. The Labute approximate surface area is 189 Å². The number of fused-ring (bicyclic) bond motifs is 2. The van der Waals surface area contributed by atoms with Crippen LogP contribution >= 0.6 is 11.3 Å². The Balaban J connectivity index is 1.74. The number of anilines is 1. The van der Waals surface area contributed by atoms with Crippen molar-refractivity contribution >= 4 is 33.1 Å². The van der Waals surface area contributed by atoms with Gasteiger partial charge in [-0.1, -0.05) is 37.3 Å². The van der Waals surface area contributed by atoms with E-state index in [0.717, 1.165) is 21.1 Å². The number of rotatable bonds is 5. The summed E-state index contributed by atoms with van der Waals surface area (Å²) in [6, 6.07) is 9.97. The minimum Gasteiger partial charge on any atom is -0.361 e. The van der Waals surface area contributed by atoms with E-state index in [1.807, 2.05) is 6.92 Å². The maximum absolute atomic E-state index is 13.6. The molecule has 0 aliphatic carbocycles. The summed E-state index contributed by atoms with van der Waals surface area (Å²) >= 11 is 0.885. The number of aromatic nitrogens is 5. The van der Waals surface area contributed by atoms with Crippen LogP contribution in [0.15, 0.2) is 59.2 Å². The van der Waals surface area contributed by atoms with Crippen LogP contribution in [0.3, 0.4) is 0 Å². The van der Waals surface area contributed by atoms with Crippen molar-refractivity contribution in [3.8, 4) is 11.1 Å². The predicted molar refractivity (Wildman–Crippen MR) is 120 cm³/mol. The molecule has 5 rings (SSSR count). The average Bonchev–Trinajstić information content (AvgIpc) is 3.45. The average molecular weight is 470 g/mol. The number of nitrogens with one attached hydrogen (secondary N) is 2. The van der Waals surface area contributed by atoms with E-state index >= 15 is 0 Å². The number of aromatic amines is 1. The first-order chi connectivity index (χ1) is 15.9. The highest BCUT2D eigenvalue weighted by Crippen LogP contribution is 2.36. The molecular formula is C22H17F3N6OS. The fourth-order valence-corrected chi connectivity index (χ4v) is 4.84. The van der Waals surface area contributed by atoms with Gasteiger partial charge in [0.2, 0.25) is 0 Å². The van der Waals surface area contributed by atoms with Crippen LogP contribution in [0.1, 0.15) is 30.6 Å². The molecule has 0 fully saturated rings. The quantitative estimate of drug-likeness (QED) is 0.365. The molecule has 7 nitrogen and oxygen atoms in total. The minimum atomic E-state index is -4.65. The van der Waals surface area contributed by atoms with Gasteiger partial charge in [-0.15, -0.1) is 11.3 Å². The lowest BCUT2D eigenvalue weighted by atomic mass is 9.95. The summed E-state index contributed by atoms with van der Waals surface area (Å²) in [5.74, 6) is 0.491. The zero-order valence-electron chi connectivity index (χ0n) is 17.2. The molecule has 168 valence electrons. The number of H-pyrrole nitrogens is 1. The number of imidazole rings is 1. The van der Waals surface area contributed by atoms with Gasteiger partial charge in [-0.25, -0.2) is 15.0 Å². The van der Waals surface area contributed by atoms with Crippen molar-refractivity contribution in [2.24, 2.45) is 0 Å². The van der Waals surface area contributed by atoms with Gasteiger partial charge in [0.25, 0.3) is 5.56 Å². The van der Waals surface area contributed by atoms with Crippen LogP contribution in [0.4, 0.5) is 19.0 Å². The summed E-state index contributed by atoms with van der Waals surface area (Å²) in [4.78, 5) is 29.3. The Morgan fingerprint density at radius 3 is 2.70 bits per heavy atom. The Morgan fingerprint density at radius 1 is 1.18 bits per heavy atom. The van der Waals surface area contributed by atoms with Crippen LogP contribution in [0.2, 0.25) is 0 Å². The first-order valence-corrected chi connectivity index (χ1v) is 11.0. The van der Waals surface area contributed by atoms with Crippen molar-refractivity contribution in [3.05, 3.63) is 76.0 Å². The van der Waals surface area contributed by atoms with Gasteiger partial charge < -0.3 is 10.3 Å². The molecular weight excluding hydrogens is 453 g/mol. The highest BCUT2D eigenvalue weighted by molar-refractivity contribution is 7.15. The number of thiazole rings is 1. The van der Waals surface area contributed by atoms with Crippen LogP contribution < -0.4 is 10.9 Å². The lowest BCUT2D eigenvalue weighted by molar-refractivity contribution is -0.141. The number of benzene rings is 1. The fraction of sp³-hybridized carbons (Fsp3) is 0.182. The van der Waals surface area contributed by atoms with Gasteiger partial charge in [0.05, 0.1) is 17.9 Å². The maximum atomic E-state index is 13.6. The lowest BCUT2D eigenvalue weighted by Crippen LogP contribution is -2.24. The molecule has 2 N–H and O–H groups in total. The Bertz CT molecular complexity index is 1510. The van der Waals surface area contributed by atoms with E-state index in [1.54, 1.807) is 36.4 Å². The van der Waals surface area contributed by atoms with Crippen LogP contribution in [-0.2, 0) is 6.18 Å². The van der Waals surface area contributed by atoms with Gasteiger partial charge in [-0.3, -0.25) is 9.20 Å². The second kappa shape index (κ2) is 8.00. The van der Waals surface area contributed by atoms with Gasteiger partial charge in [0, 0.05) is 5.38 Å². The standard InChI is InChI=1S/C22H17F3N6OS/c1-2-14(30-20-18-19(27-10-26-18)28-11-29-20)13-8-16-31(15(9-33-16)22(23,24)25)21(32)17(13)12-6-4-3-5-7-12/h3-11,14H,2H2,1H3,(H2,26,27,28,29,30). The Kier molecular flexibility index (Phi) is 5.12. The van der Waals surface area contributed by atoms with E-state index in [0.29, 0.717) is 34.5 Å². The molecule has 0 bridgehead atoms. The summed E-state index contributed by atoms with van der Waals surface area (Å²) in [6.45, 7) is 1.93. The van der Waals surface area contributed by atoms with Crippen LogP contribution in [0.5, 0.6) is 0 Å². The number of hydrogen-bond donors (Lipinski definition) is 2. The molecule has 4 heterocycles. The van der Waals surface area contributed by atoms with Gasteiger partial charge in [-0.05, 0) is 23.6 Å². The van der Waals surface area contributed by atoms with Crippen molar-refractivity contribution in [2.45, 2.75) is 25.6 Å². The topological polar surface area (TPSA) is 88.0 Å². The second-order valence-electron chi connectivity index (χ2n) is 7.37. The molecule has 33 heavy (non-hydrogen) atoms. The highest BCUT2D eigenvalue weighted by Gasteiger charge is 2.36. The van der Waals surface area contributed by atoms with Gasteiger partial charge in [-0.2, -0.15) is 13.2 Å². The van der Waals surface area contributed by atoms with E-state index in [-0.39, 0.29) is 10.4 Å². The molecule has 0 aliphatic rings. The molecule has 0 radical (unpaired) electrons. The molecule has 0 saturated heterocycles. The highest BCUT2D eigenvalue weighted by atomic mass is 32.1. The van der Waals surface area contributed by atoms with Crippen molar-refractivity contribution in [3.63, 3.8) is 0 Å². The zero-order chi connectivity index (χ0) is 23.2. The molecule has 5 aromatic rings. The minimum absolute atomic E-state index is 0.214. The van der Waals surface area contributed by atoms with E-state index < -0.39 is 23.5 Å². The predicted octanol–water partition coefficient (Wildman–Crippen LogP) is 5.28. The second-order valence-corrected chi connectivity index (χ2v) is 8.26. The smallest absolute Gasteiger partial charge is 0.361 e. The van der Waals surface area contributed by atoms with E-state index in [9.17, 15) is 18.0 Å². The normalized spacial score (nSPS) is 13.0. The Hall–Kier alpha value is -3.73. The lowest BCUT2D eigenvalue weighted by Gasteiger charge is -2.22. The fourth-order valence-electron chi connectivity index (χ4n) is 3.89. The summed E-state index contributed by atoms with van der Waals surface area (Å²) in [6.07, 6.45) is -1.22. The van der Waals surface area contributed by atoms with Crippen LogP contribution in [-0.4, -0.2) is 24.3 Å². The van der Waals surface area contributed by atoms with Crippen molar-refractivity contribution in [2.75, 3.05) is 5.32 Å². The number of nitrogens with zero attached hydrogens (tertiary/aromatic N) is 4. The molecule has 0 amide bonds. The maximum Gasteiger partial charge on any atom is 0.432 e. The number of pyridine rings is 1. The van der Waals surface area contributed by atoms with Gasteiger partial charge >= 0.3 is 6.18 Å². The van der Waals surface area contributed by atoms with E-state index in [2.05, 4.69) is 25.3 Å². The van der Waals surface area contributed by atoms with Crippen LogP contribution in [0.25, 0.3) is 27.1 Å². The largest absolute Gasteiger partial charge is 0.432 e. The zero-order valence-corrected chi connectivity index (χ0v) is 18.0. The monoisotopic (exact) mass is 470 g/mol. The molecule has 0 spiro atoms. The van der Waals surface area contributed by atoms with Gasteiger partial charge in [0.1, 0.15) is 22.4 Å². The van der Waals surface area contributed by atoms with Gasteiger partial charge in [0.15, 0.2) is 11.5 Å². The molecule has 4 aromatic heterocycles. The Morgan fingerprint density at radius 2 is 1.97 bits per heavy atom. The first-order valence-electron chi connectivity index (χ1n) is 10.1. The first kappa shape index (κ1) is 21.1. The molecule has 0 saturated carbocycles. The molecule has 11 heteroatoms. The number of halogens is 3. The molecule has 1 unspecified atom stereocenters. The van der Waals surface area contributed by atoms with E-state index in [1.165, 1.54) is 12.7 Å². The summed E-state index contributed by atoms with van der Waals surface area (Å²) in [5.41, 5.74) is 0.742.